The lowest BCUT2D eigenvalue weighted by Gasteiger charge is -1.99. The van der Waals surface area contributed by atoms with E-state index in [4.69, 9.17) is 4.79 Å². The van der Waals surface area contributed by atoms with Gasteiger partial charge in [-0.25, -0.2) is 4.39 Å². The van der Waals surface area contributed by atoms with Crippen LogP contribution >= 0.6 is 15.9 Å². The lowest BCUT2D eigenvalue weighted by Crippen LogP contribution is -2.31. The smallest absolute Gasteiger partial charge is 0.292 e. The van der Waals surface area contributed by atoms with Crippen LogP contribution in [0.2, 0.25) is 0 Å². The first kappa shape index (κ1) is 27.0. The summed E-state index contributed by atoms with van der Waals surface area (Å²) in [6, 6.07) is 4.66. The van der Waals surface area contributed by atoms with Crippen molar-refractivity contribution in [1.82, 2.24) is 0 Å². The van der Waals surface area contributed by atoms with Gasteiger partial charge in [0.2, 0.25) is 0 Å². The molecule has 1 aromatic carbocycles. The quantitative estimate of drug-likeness (QED) is 0.407. The molecule has 152 valence electrons. The zero-order chi connectivity index (χ0) is 21.1. The van der Waals surface area contributed by atoms with Gasteiger partial charge in [0, 0.05) is 24.3 Å². The average molecular weight is 449 g/mol. The maximum atomic E-state index is 12.5. The van der Waals surface area contributed by atoms with Gasteiger partial charge in [-0.1, -0.05) is 28.1 Å². The zero-order valence-electron chi connectivity index (χ0n) is 15.6. The van der Waals surface area contributed by atoms with E-state index in [2.05, 4.69) is 48.6 Å². The van der Waals surface area contributed by atoms with Crippen LogP contribution in [-0.4, -0.2) is 46.0 Å². The molecule has 0 aliphatic heterocycles. The summed E-state index contributed by atoms with van der Waals surface area (Å²) in [6.45, 7) is 0.375. The van der Waals surface area contributed by atoms with Gasteiger partial charge in [-0.05, 0) is 37.5 Å². The number of benzene rings is 1. The van der Waals surface area contributed by atoms with Crippen LogP contribution in [0.4, 0.5) is 10.1 Å². The molecule has 1 unspecified atom stereocenters. The van der Waals surface area contributed by atoms with Crippen LogP contribution in [0.3, 0.4) is 0 Å². The Kier molecular flexibility index (Phi) is 18.5. The number of amides is 1. The Morgan fingerprint density at radius 3 is 2.04 bits per heavy atom. The number of nitrogens with one attached hydrogen (secondary N) is 1. The number of aldehydes is 1. The molecule has 1 aromatic rings. The van der Waals surface area contributed by atoms with Crippen LogP contribution in [0, 0.1) is 5.82 Å². The molecule has 0 radical (unpaired) electrons. The number of nitrogens with two attached hydrogens (primary N) is 1. The molecule has 0 heterocycles. The predicted octanol–water partition coefficient (Wildman–Crippen LogP) is 2.83. The number of halogens is 2. The van der Waals surface area contributed by atoms with Gasteiger partial charge in [0.25, 0.3) is 12.4 Å². The number of anilines is 1. The fourth-order valence-corrected chi connectivity index (χ4v) is 1.99. The van der Waals surface area contributed by atoms with Crippen molar-refractivity contribution in [3.63, 3.8) is 0 Å². The normalized spacial score (nSPS) is 11.9. The summed E-state index contributed by atoms with van der Waals surface area (Å²) >= 11 is 3.17. The third-order valence-corrected chi connectivity index (χ3v) is 3.27. The van der Waals surface area contributed by atoms with Gasteiger partial charge in [-0.2, -0.15) is 0 Å². The Bertz CT molecular complexity index is 559. The maximum absolute atomic E-state index is 12.5. The first-order valence-electron chi connectivity index (χ1n) is 7.88. The number of allylic oxidation sites excluding steroid dienone is 2. The van der Waals surface area contributed by atoms with E-state index < -0.39 is 12.0 Å². The molecule has 0 aromatic heterocycles. The van der Waals surface area contributed by atoms with Gasteiger partial charge >= 0.3 is 0 Å². The number of carbonyl (C=O) groups is 3. The van der Waals surface area contributed by atoms with Crippen molar-refractivity contribution in [2.75, 3.05) is 26.6 Å². The minimum Gasteiger partial charge on any atom is -0.471 e. The highest BCUT2D eigenvalue weighted by molar-refractivity contribution is 9.10. The highest BCUT2D eigenvalue weighted by Crippen LogP contribution is 2.17. The number of ether oxygens (including phenoxy) is 2. The molecule has 27 heavy (non-hydrogen) atoms. The van der Waals surface area contributed by atoms with Crippen molar-refractivity contribution in [2.24, 2.45) is 5.73 Å². The molecule has 9 heteroatoms. The SMILES string of the molecule is C1=CCCC1.CNc1cc(F)cc(Br)c1.COC(C=O)C(N)=O.COC=O. The molecular weight excluding hydrogens is 423 g/mol. The summed E-state index contributed by atoms with van der Waals surface area (Å²) in [4.78, 5) is 28.7. The van der Waals surface area contributed by atoms with Crippen LogP contribution in [0.5, 0.6) is 0 Å². The van der Waals surface area contributed by atoms with Gasteiger partial charge in [0.05, 0.1) is 7.11 Å². The summed E-state index contributed by atoms with van der Waals surface area (Å²) < 4.78 is 21.5. The standard InChI is InChI=1S/C7H7BrFN.C5H8.C4H7NO3.C2H4O2/c1-10-7-3-5(8)2-6(9)4-7;1-2-4-5-3-1;1-8-3(2-6)4(5)7;1-4-2-3/h2-4,10H,1H3;1-2H,3-5H2;2-3H,1H3,(H2,5,7);2H,1H3. The van der Waals surface area contributed by atoms with Crippen molar-refractivity contribution >= 4 is 40.3 Å². The number of methoxy groups -OCH3 is 2. The van der Waals surface area contributed by atoms with Crippen molar-refractivity contribution in [3.05, 3.63) is 40.6 Å². The van der Waals surface area contributed by atoms with Gasteiger partial charge in [0.15, 0.2) is 12.4 Å². The van der Waals surface area contributed by atoms with E-state index in [9.17, 15) is 14.0 Å². The Balaban J connectivity index is 0. The Morgan fingerprint density at radius 2 is 1.81 bits per heavy atom. The van der Waals surface area contributed by atoms with Crippen molar-refractivity contribution in [2.45, 2.75) is 25.4 Å². The van der Waals surface area contributed by atoms with Crippen molar-refractivity contribution in [3.8, 4) is 0 Å². The van der Waals surface area contributed by atoms with Gasteiger partial charge in [0.1, 0.15) is 5.82 Å². The molecule has 7 nitrogen and oxygen atoms in total. The van der Waals surface area contributed by atoms with Crippen LogP contribution in [0.25, 0.3) is 0 Å². The third kappa shape index (κ3) is 16.9. The molecule has 0 saturated heterocycles. The van der Waals surface area contributed by atoms with Crippen molar-refractivity contribution in [1.29, 1.82) is 0 Å². The summed E-state index contributed by atoms with van der Waals surface area (Å²) in [5.74, 6) is -0.999. The third-order valence-electron chi connectivity index (χ3n) is 2.81. The van der Waals surface area contributed by atoms with E-state index in [1.807, 2.05) is 6.07 Å². The van der Waals surface area contributed by atoms with E-state index in [1.165, 1.54) is 45.6 Å². The van der Waals surface area contributed by atoms with Crippen molar-refractivity contribution < 1.29 is 28.2 Å². The van der Waals surface area contributed by atoms with E-state index >= 15 is 0 Å². The molecular formula is C18H26BrFN2O5. The topological polar surface area (TPSA) is 108 Å². The Hall–Kier alpha value is -2.26. The Morgan fingerprint density at radius 1 is 1.26 bits per heavy atom. The number of hydrogen-bond donors (Lipinski definition) is 2. The lowest BCUT2D eigenvalue weighted by atomic mass is 10.3. The first-order valence-corrected chi connectivity index (χ1v) is 8.68. The van der Waals surface area contributed by atoms with Crippen LogP contribution in [-0.2, 0) is 23.9 Å². The zero-order valence-corrected chi connectivity index (χ0v) is 17.2. The van der Waals surface area contributed by atoms with Gasteiger partial charge < -0.3 is 20.5 Å². The molecule has 0 saturated carbocycles. The minimum atomic E-state index is -1.09. The molecule has 0 fully saturated rings. The number of carbonyl (C=O) groups excluding carboxylic acids is 3. The largest absolute Gasteiger partial charge is 0.471 e. The summed E-state index contributed by atoms with van der Waals surface area (Å²) in [5.41, 5.74) is 5.43. The molecule has 1 aliphatic carbocycles. The fraction of sp³-hybridized carbons (Fsp3) is 0.389. The van der Waals surface area contributed by atoms with Crippen LogP contribution in [0.15, 0.2) is 34.8 Å². The minimum absolute atomic E-state index is 0.237. The van der Waals surface area contributed by atoms with E-state index in [0.717, 1.165) is 10.2 Å². The molecule has 2 rings (SSSR count). The second kappa shape index (κ2) is 18.5. The molecule has 1 amide bonds. The highest BCUT2D eigenvalue weighted by atomic mass is 79.9. The molecule has 0 bridgehead atoms. The fourth-order valence-electron chi connectivity index (χ4n) is 1.53. The Labute approximate surface area is 167 Å². The molecule has 1 aliphatic rings. The molecule has 0 spiro atoms. The molecule has 1 atom stereocenters. The maximum Gasteiger partial charge on any atom is 0.292 e. The highest BCUT2D eigenvalue weighted by Gasteiger charge is 2.10. The first-order chi connectivity index (χ1) is 12.9. The average Bonchev–Trinajstić information content (AvgIpc) is 3.22. The van der Waals surface area contributed by atoms with E-state index in [0.29, 0.717) is 12.8 Å². The summed E-state index contributed by atoms with van der Waals surface area (Å²) in [5, 5.41) is 2.84. The van der Waals surface area contributed by atoms with Gasteiger partial charge in [-0.3, -0.25) is 14.4 Å². The second-order valence-corrected chi connectivity index (χ2v) is 5.75. The lowest BCUT2D eigenvalue weighted by molar-refractivity contribution is -0.133. The number of primary amides is 1. The van der Waals surface area contributed by atoms with E-state index in [-0.39, 0.29) is 5.82 Å². The van der Waals surface area contributed by atoms with E-state index in [1.54, 1.807) is 7.05 Å². The second-order valence-electron chi connectivity index (χ2n) is 4.84. The van der Waals surface area contributed by atoms with Crippen LogP contribution < -0.4 is 11.1 Å². The van der Waals surface area contributed by atoms with Crippen LogP contribution in [0.1, 0.15) is 19.3 Å². The summed E-state index contributed by atoms with van der Waals surface area (Å²) in [7, 11) is 4.30. The predicted molar refractivity (Wildman–Crippen MR) is 106 cm³/mol. The summed E-state index contributed by atoms with van der Waals surface area (Å²) in [6.07, 6.45) is 7.76. The number of hydrogen-bond acceptors (Lipinski definition) is 6. The molecule has 3 N–H and O–H groups in total. The number of rotatable bonds is 5. The van der Waals surface area contributed by atoms with Gasteiger partial charge in [-0.15, -0.1) is 0 Å². The monoisotopic (exact) mass is 448 g/mol.